The minimum Gasteiger partial charge on any atom is -0.396 e. The molecule has 0 bridgehead atoms. The highest BCUT2D eigenvalue weighted by Crippen LogP contribution is 1.89. The average Bonchev–Trinajstić information content (AvgIpc) is 1.76. The summed E-state index contributed by atoms with van der Waals surface area (Å²) in [4.78, 5) is 0. The third kappa shape index (κ3) is 2.30. The third-order valence-corrected chi connectivity index (χ3v) is 1.55. The maximum atomic E-state index is 8.41. The number of rotatable bonds is 4. The lowest BCUT2D eigenvalue weighted by atomic mass is 10.2. The van der Waals surface area contributed by atoms with Crippen molar-refractivity contribution in [1.82, 2.24) is 10.6 Å². The van der Waals surface area contributed by atoms with Gasteiger partial charge in [0, 0.05) is 25.7 Å². The normalized spacial score (nSPS) is 19.7. The molecule has 1 aliphatic heterocycles. The molecule has 9 heavy (non-hydrogen) atoms. The molecule has 3 nitrogen and oxygen atoms in total. The van der Waals surface area contributed by atoms with Crippen LogP contribution < -0.4 is 10.6 Å². The van der Waals surface area contributed by atoms with Gasteiger partial charge in [-0.15, -0.1) is 0 Å². The zero-order chi connectivity index (χ0) is 6.53. The van der Waals surface area contributed by atoms with Gasteiger partial charge in [-0.25, -0.2) is 0 Å². The Kier molecular flexibility index (Phi) is 2.97. The molecule has 0 aliphatic carbocycles. The van der Waals surface area contributed by atoms with Crippen molar-refractivity contribution in [3.63, 3.8) is 0 Å². The zero-order valence-corrected chi connectivity index (χ0v) is 5.56. The Hall–Kier alpha value is -0.120. The molecule has 54 valence electrons. The van der Waals surface area contributed by atoms with Gasteiger partial charge in [0.05, 0.1) is 0 Å². The van der Waals surface area contributed by atoms with Crippen LogP contribution in [-0.2, 0) is 0 Å². The van der Waals surface area contributed by atoms with Crippen LogP contribution in [0, 0.1) is 0 Å². The lowest BCUT2D eigenvalue weighted by Crippen LogP contribution is -2.55. The van der Waals surface area contributed by atoms with Crippen LogP contribution >= 0.6 is 0 Å². The standard InChI is InChI=1S/C6H14N2O/c9-3-1-2-8-6-4-7-5-6/h6-9H,1-5H2. The summed E-state index contributed by atoms with van der Waals surface area (Å²) in [6.07, 6.45) is 0.872. The number of aliphatic hydroxyl groups is 1. The van der Waals surface area contributed by atoms with Gasteiger partial charge < -0.3 is 15.7 Å². The second-order valence-corrected chi connectivity index (χ2v) is 2.39. The van der Waals surface area contributed by atoms with E-state index in [1.54, 1.807) is 0 Å². The van der Waals surface area contributed by atoms with Crippen LogP contribution in [0.2, 0.25) is 0 Å². The summed E-state index contributed by atoms with van der Waals surface area (Å²) < 4.78 is 0. The third-order valence-electron chi connectivity index (χ3n) is 1.55. The fraction of sp³-hybridized carbons (Fsp3) is 1.00. The summed E-state index contributed by atoms with van der Waals surface area (Å²) in [5, 5.41) is 14.9. The van der Waals surface area contributed by atoms with E-state index in [-0.39, 0.29) is 0 Å². The molecule has 0 amide bonds. The van der Waals surface area contributed by atoms with Gasteiger partial charge >= 0.3 is 0 Å². The van der Waals surface area contributed by atoms with E-state index < -0.39 is 0 Å². The molecule has 0 aromatic heterocycles. The Morgan fingerprint density at radius 2 is 2.33 bits per heavy atom. The highest BCUT2D eigenvalue weighted by Gasteiger charge is 2.14. The second kappa shape index (κ2) is 3.82. The first kappa shape index (κ1) is 6.99. The number of nitrogens with one attached hydrogen (secondary N) is 2. The van der Waals surface area contributed by atoms with Gasteiger partial charge in [0.15, 0.2) is 0 Å². The Morgan fingerprint density at radius 3 is 2.78 bits per heavy atom. The lowest BCUT2D eigenvalue weighted by molar-refractivity contribution is 0.276. The Morgan fingerprint density at radius 1 is 1.56 bits per heavy atom. The first-order valence-corrected chi connectivity index (χ1v) is 3.48. The van der Waals surface area contributed by atoms with E-state index in [1.165, 1.54) is 0 Å². The van der Waals surface area contributed by atoms with Crippen LogP contribution in [0.5, 0.6) is 0 Å². The summed E-state index contributed by atoms with van der Waals surface area (Å²) in [5.41, 5.74) is 0. The van der Waals surface area contributed by atoms with Crippen LogP contribution in [0.3, 0.4) is 0 Å². The maximum absolute atomic E-state index is 8.41. The minimum atomic E-state index is 0.299. The molecule has 1 fully saturated rings. The Labute approximate surface area is 55.5 Å². The van der Waals surface area contributed by atoms with Crippen molar-refractivity contribution >= 4 is 0 Å². The molecular formula is C6H14N2O. The average molecular weight is 130 g/mol. The van der Waals surface area contributed by atoms with Gasteiger partial charge in [0.25, 0.3) is 0 Å². The van der Waals surface area contributed by atoms with Gasteiger partial charge in [-0.1, -0.05) is 0 Å². The molecule has 0 spiro atoms. The molecule has 1 rings (SSSR count). The highest BCUT2D eigenvalue weighted by molar-refractivity contribution is 4.80. The fourth-order valence-corrected chi connectivity index (χ4v) is 0.818. The van der Waals surface area contributed by atoms with E-state index in [9.17, 15) is 0 Å². The SMILES string of the molecule is OCCCNC1CNC1. The van der Waals surface area contributed by atoms with Gasteiger partial charge in [-0.3, -0.25) is 0 Å². The summed E-state index contributed by atoms with van der Waals surface area (Å²) in [6.45, 7) is 3.42. The van der Waals surface area contributed by atoms with Gasteiger partial charge in [0.2, 0.25) is 0 Å². The molecule has 0 saturated carbocycles. The van der Waals surface area contributed by atoms with Crippen molar-refractivity contribution in [2.45, 2.75) is 12.5 Å². The minimum absolute atomic E-state index is 0.299. The largest absolute Gasteiger partial charge is 0.396 e. The number of hydrogen-bond acceptors (Lipinski definition) is 3. The monoisotopic (exact) mass is 130 g/mol. The van der Waals surface area contributed by atoms with E-state index in [1.807, 2.05) is 0 Å². The van der Waals surface area contributed by atoms with Gasteiger partial charge in [0.1, 0.15) is 0 Å². The second-order valence-electron chi connectivity index (χ2n) is 2.39. The maximum Gasteiger partial charge on any atom is 0.0443 e. The van der Waals surface area contributed by atoms with Gasteiger partial charge in [-0.2, -0.15) is 0 Å². The smallest absolute Gasteiger partial charge is 0.0443 e. The molecule has 0 radical (unpaired) electrons. The molecule has 1 aliphatic rings. The molecule has 0 unspecified atom stereocenters. The zero-order valence-electron chi connectivity index (χ0n) is 5.56. The first-order valence-electron chi connectivity index (χ1n) is 3.48. The van der Waals surface area contributed by atoms with Crippen LogP contribution in [0.15, 0.2) is 0 Å². The summed E-state index contributed by atoms with van der Waals surface area (Å²) in [6, 6.07) is 0.663. The molecule has 0 atom stereocenters. The number of hydrogen-bond donors (Lipinski definition) is 3. The predicted molar refractivity (Wildman–Crippen MR) is 36.4 cm³/mol. The van der Waals surface area contributed by atoms with E-state index in [0.29, 0.717) is 12.6 Å². The topological polar surface area (TPSA) is 44.3 Å². The fourth-order valence-electron chi connectivity index (χ4n) is 0.818. The van der Waals surface area contributed by atoms with Crippen molar-refractivity contribution in [2.75, 3.05) is 26.2 Å². The predicted octanol–water partition coefficient (Wildman–Crippen LogP) is -1.07. The van der Waals surface area contributed by atoms with Gasteiger partial charge in [-0.05, 0) is 13.0 Å². The summed E-state index contributed by atoms with van der Waals surface area (Å²) in [7, 11) is 0. The van der Waals surface area contributed by atoms with E-state index >= 15 is 0 Å². The van der Waals surface area contributed by atoms with Crippen molar-refractivity contribution in [2.24, 2.45) is 0 Å². The summed E-state index contributed by atoms with van der Waals surface area (Å²) >= 11 is 0. The first-order chi connectivity index (χ1) is 4.43. The molecule has 1 saturated heterocycles. The van der Waals surface area contributed by atoms with Crippen molar-refractivity contribution < 1.29 is 5.11 Å². The highest BCUT2D eigenvalue weighted by atomic mass is 16.3. The molecule has 3 heteroatoms. The van der Waals surface area contributed by atoms with Crippen LogP contribution in [0.1, 0.15) is 6.42 Å². The van der Waals surface area contributed by atoms with Crippen LogP contribution in [0.4, 0.5) is 0 Å². The van der Waals surface area contributed by atoms with Crippen molar-refractivity contribution in [3.8, 4) is 0 Å². The summed E-state index contributed by atoms with van der Waals surface area (Å²) in [5.74, 6) is 0. The van der Waals surface area contributed by atoms with Crippen molar-refractivity contribution in [1.29, 1.82) is 0 Å². The Balaban J connectivity index is 1.80. The Bertz CT molecular complexity index is 73.5. The van der Waals surface area contributed by atoms with E-state index in [4.69, 9.17) is 5.11 Å². The van der Waals surface area contributed by atoms with Crippen LogP contribution in [-0.4, -0.2) is 37.4 Å². The number of aliphatic hydroxyl groups excluding tert-OH is 1. The van der Waals surface area contributed by atoms with Crippen LogP contribution in [0.25, 0.3) is 0 Å². The molecular weight excluding hydrogens is 116 g/mol. The quantitative estimate of drug-likeness (QED) is 0.425. The lowest BCUT2D eigenvalue weighted by Gasteiger charge is -2.27. The van der Waals surface area contributed by atoms with E-state index in [2.05, 4.69) is 10.6 Å². The van der Waals surface area contributed by atoms with Crippen molar-refractivity contribution in [3.05, 3.63) is 0 Å². The van der Waals surface area contributed by atoms with E-state index in [0.717, 1.165) is 26.1 Å². The molecule has 1 heterocycles. The molecule has 0 aromatic carbocycles. The molecule has 3 N–H and O–H groups in total. The molecule has 0 aromatic rings.